The molecule has 0 radical (unpaired) electrons. The van der Waals surface area contributed by atoms with Crippen molar-refractivity contribution in [3.8, 4) is 0 Å². The van der Waals surface area contributed by atoms with Crippen LogP contribution in [0.4, 0.5) is 4.79 Å². The summed E-state index contributed by atoms with van der Waals surface area (Å²) in [5, 5.41) is 16.5. The van der Waals surface area contributed by atoms with Gasteiger partial charge in [0.05, 0.1) is 6.10 Å². The molecule has 1 amide bonds. The highest BCUT2D eigenvalue weighted by Crippen LogP contribution is 2.26. The zero-order valence-electron chi connectivity index (χ0n) is 14.2. The molecule has 5 nitrogen and oxygen atoms in total. The van der Waals surface area contributed by atoms with Crippen LogP contribution in [0.5, 0.6) is 0 Å². The van der Waals surface area contributed by atoms with Crippen LogP contribution in [0.1, 0.15) is 65.7 Å². The van der Waals surface area contributed by atoms with E-state index in [1.165, 1.54) is 0 Å². The molecular weight excluding hydrogens is 280 g/mol. The van der Waals surface area contributed by atoms with E-state index >= 15 is 0 Å². The van der Waals surface area contributed by atoms with Gasteiger partial charge in [0.1, 0.15) is 5.60 Å². The molecule has 0 saturated heterocycles. The van der Waals surface area contributed by atoms with Crippen LogP contribution in [0.3, 0.4) is 0 Å². The van der Waals surface area contributed by atoms with Crippen LogP contribution < -0.4 is 10.6 Å². The number of hydrogen-bond acceptors (Lipinski definition) is 4. The fourth-order valence-corrected chi connectivity index (χ4v) is 3.55. The summed E-state index contributed by atoms with van der Waals surface area (Å²) in [5.74, 6) is 0.402. The van der Waals surface area contributed by atoms with E-state index in [0.29, 0.717) is 12.0 Å². The highest BCUT2D eigenvalue weighted by molar-refractivity contribution is 5.68. The monoisotopic (exact) mass is 312 g/mol. The first-order chi connectivity index (χ1) is 10.3. The van der Waals surface area contributed by atoms with E-state index in [9.17, 15) is 9.90 Å². The van der Waals surface area contributed by atoms with Crippen molar-refractivity contribution in [2.75, 3.05) is 6.54 Å². The molecule has 2 aliphatic rings. The Kier molecular flexibility index (Phi) is 6.09. The lowest BCUT2D eigenvalue weighted by Crippen LogP contribution is -2.46. The highest BCUT2D eigenvalue weighted by Gasteiger charge is 2.28. The van der Waals surface area contributed by atoms with Crippen LogP contribution in [-0.2, 0) is 4.74 Å². The minimum absolute atomic E-state index is 0.133. The number of carbonyl (C=O) groups is 1. The summed E-state index contributed by atoms with van der Waals surface area (Å²) in [7, 11) is 0. The van der Waals surface area contributed by atoms with Crippen molar-refractivity contribution in [1.82, 2.24) is 10.6 Å². The molecule has 4 unspecified atom stereocenters. The van der Waals surface area contributed by atoms with Gasteiger partial charge in [-0.15, -0.1) is 0 Å². The van der Waals surface area contributed by atoms with Crippen molar-refractivity contribution >= 4 is 6.09 Å². The molecule has 22 heavy (non-hydrogen) atoms. The average Bonchev–Trinajstić information content (AvgIpc) is 2.80. The van der Waals surface area contributed by atoms with Gasteiger partial charge in [0.25, 0.3) is 0 Å². The minimum atomic E-state index is -0.449. The van der Waals surface area contributed by atoms with Crippen LogP contribution in [0, 0.1) is 5.92 Å². The van der Waals surface area contributed by atoms with Gasteiger partial charge < -0.3 is 20.5 Å². The van der Waals surface area contributed by atoms with E-state index in [0.717, 1.165) is 51.5 Å². The Morgan fingerprint density at radius 2 is 1.82 bits per heavy atom. The summed E-state index contributed by atoms with van der Waals surface area (Å²) < 4.78 is 5.33. The molecule has 3 N–H and O–H groups in total. The van der Waals surface area contributed by atoms with Gasteiger partial charge in [-0.05, 0) is 65.2 Å². The van der Waals surface area contributed by atoms with Gasteiger partial charge in [0.2, 0.25) is 0 Å². The third-order valence-corrected chi connectivity index (χ3v) is 4.68. The number of hydrogen-bond donors (Lipinski definition) is 3. The summed E-state index contributed by atoms with van der Waals surface area (Å²) in [6.45, 7) is 6.53. The Morgan fingerprint density at radius 1 is 1.14 bits per heavy atom. The largest absolute Gasteiger partial charge is 0.444 e. The number of aliphatic hydroxyl groups excluding tert-OH is 1. The Balaban J connectivity index is 1.71. The van der Waals surface area contributed by atoms with Crippen LogP contribution >= 0.6 is 0 Å². The maximum atomic E-state index is 11.9. The zero-order chi connectivity index (χ0) is 16.2. The first-order valence-electron chi connectivity index (χ1n) is 8.74. The molecule has 128 valence electrons. The van der Waals surface area contributed by atoms with Crippen LogP contribution in [-0.4, -0.2) is 41.5 Å². The minimum Gasteiger partial charge on any atom is -0.444 e. The van der Waals surface area contributed by atoms with Crippen molar-refractivity contribution in [2.24, 2.45) is 5.92 Å². The molecule has 0 heterocycles. The summed E-state index contributed by atoms with van der Waals surface area (Å²) >= 11 is 0. The lowest BCUT2D eigenvalue weighted by molar-refractivity contribution is 0.0488. The number of nitrogens with one attached hydrogen (secondary N) is 2. The number of amides is 1. The zero-order valence-corrected chi connectivity index (χ0v) is 14.2. The maximum absolute atomic E-state index is 11.9. The summed E-state index contributed by atoms with van der Waals surface area (Å²) in [4.78, 5) is 11.9. The first-order valence-corrected chi connectivity index (χ1v) is 8.74. The highest BCUT2D eigenvalue weighted by atomic mass is 16.6. The number of rotatable bonds is 4. The van der Waals surface area contributed by atoms with E-state index in [4.69, 9.17) is 4.74 Å². The van der Waals surface area contributed by atoms with Gasteiger partial charge in [0.15, 0.2) is 0 Å². The Labute approximate surface area is 134 Å². The number of aliphatic hydroxyl groups is 1. The number of alkyl carbamates (subject to hydrolysis) is 1. The topological polar surface area (TPSA) is 70.6 Å². The van der Waals surface area contributed by atoms with Gasteiger partial charge in [-0.1, -0.05) is 6.42 Å². The van der Waals surface area contributed by atoms with Gasteiger partial charge in [-0.3, -0.25) is 0 Å². The smallest absolute Gasteiger partial charge is 0.407 e. The summed E-state index contributed by atoms with van der Waals surface area (Å²) in [6.07, 6.45) is 6.99. The van der Waals surface area contributed by atoms with E-state index < -0.39 is 5.60 Å². The summed E-state index contributed by atoms with van der Waals surface area (Å²) in [5.41, 5.74) is -0.449. The first kappa shape index (κ1) is 17.5. The lowest BCUT2D eigenvalue weighted by atomic mass is 9.90. The molecule has 0 bridgehead atoms. The van der Waals surface area contributed by atoms with Crippen molar-refractivity contribution in [3.63, 3.8) is 0 Å². The van der Waals surface area contributed by atoms with E-state index in [1.807, 2.05) is 20.8 Å². The number of carbonyl (C=O) groups excluding carboxylic acids is 1. The molecule has 0 aromatic carbocycles. The van der Waals surface area contributed by atoms with Crippen molar-refractivity contribution in [1.29, 1.82) is 0 Å². The van der Waals surface area contributed by atoms with Crippen molar-refractivity contribution in [2.45, 2.75) is 89.5 Å². The molecule has 2 aliphatic carbocycles. The number of ether oxygens (including phenoxy) is 1. The third-order valence-electron chi connectivity index (χ3n) is 4.68. The second kappa shape index (κ2) is 7.64. The van der Waals surface area contributed by atoms with Gasteiger partial charge in [0, 0.05) is 18.6 Å². The predicted octanol–water partition coefficient (Wildman–Crippen LogP) is 2.57. The Morgan fingerprint density at radius 3 is 2.45 bits per heavy atom. The SMILES string of the molecule is CC(C)(C)OC(=O)NC1CCCC(NCC2CCCC2O)C1. The average molecular weight is 312 g/mol. The lowest BCUT2D eigenvalue weighted by Gasteiger charge is -2.32. The molecule has 0 aromatic heterocycles. The fraction of sp³-hybridized carbons (Fsp3) is 0.941. The van der Waals surface area contributed by atoms with Gasteiger partial charge in [-0.25, -0.2) is 4.79 Å². The second-order valence-electron chi connectivity index (χ2n) is 7.87. The van der Waals surface area contributed by atoms with Gasteiger partial charge in [-0.2, -0.15) is 0 Å². The van der Waals surface area contributed by atoms with Crippen molar-refractivity contribution in [3.05, 3.63) is 0 Å². The van der Waals surface area contributed by atoms with Crippen molar-refractivity contribution < 1.29 is 14.6 Å². The van der Waals surface area contributed by atoms with Crippen LogP contribution in [0.15, 0.2) is 0 Å². The fourth-order valence-electron chi connectivity index (χ4n) is 3.55. The van der Waals surface area contributed by atoms with E-state index in [1.54, 1.807) is 0 Å². The van der Waals surface area contributed by atoms with E-state index in [2.05, 4.69) is 10.6 Å². The molecule has 2 fully saturated rings. The van der Waals surface area contributed by atoms with Crippen LogP contribution in [0.25, 0.3) is 0 Å². The quantitative estimate of drug-likeness (QED) is 0.746. The molecule has 5 heteroatoms. The second-order valence-corrected chi connectivity index (χ2v) is 7.87. The predicted molar refractivity (Wildman–Crippen MR) is 86.8 cm³/mol. The molecule has 0 aromatic rings. The standard InChI is InChI=1S/C17H32N2O3/c1-17(2,3)22-16(21)19-14-8-5-7-13(10-14)18-11-12-6-4-9-15(12)20/h12-15,18,20H,4-11H2,1-3H3,(H,19,21). The van der Waals surface area contributed by atoms with E-state index in [-0.39, 0.29) is 18.2 Å². The van der Waals surface area contributed by atoms with Crippen LogP contribution in [0.2, 0.25) is 0 Å². The molecule has 0 spiro atoms. The molecule has 0 aliphatic heterocycles. The van der Waals surface area contributed by atoms with Gasteiger partial charge >= 0.3 is 6.09 Å². The third kappa shape index (κ3) is 5.76. The maximum Gasteiger partial charge on any atom is 0.407 e. The normalized spacial score (nSPS) is 32.7. The summed E-state index contributed by atoms with van der Waals surface area (Å²) in [6, 6.07) is 0.621. The Hall–Kier alpha value is -0.810. The molecule has 2 saturated carbocycles. The molecule has 4 atom stereocenters. The Bertz CT molecular complexity index is 367. The molecular formula is C17H32N2O3. The molecule has 2 rings (SSSR count).